The predicted octanol–water partition coefficient (Wildman–Crippen LogP) is 7.00. The molecule has 31 nitrogen and oxygen atoms in total. The Morgan fingerprint density at radius 2 is 0.385 bits per heavy atom. The second-order valence-electron chi connectivity index (χ2n) is 50.3. The van der Waals surface area contributed by atoms with Crippen LogP contribution < -0.4 is 0 Å². The molecule has 0 radical (unpaired) electrons. The van der Waals surface area contributed by atoms with Crippen molar-refractivity contribution in [2.75, 3.05) is 522 Å². The maximum atomic E-state index is 9.38. The summed E-state index contributed by atoms with van der Waals surface area (Å²) >= 11 is 0. The lowest BCUT2D eigenvalue weighted by Gasteiger charge is -2.41. The van der Waals surface area contributed by atoms with E-state index in [4.69, 9.17) is 14.2 Å². The van der Waals surface area contributed by atoms with Gasteiger partial charge in [-0.2, -0.15) is 0 Å². The molecule has 20 fully saturated rings. The van der Waals surface area contributed by atoms with Gasteiger partial charge in [0.1, 0.15) is 0 Å². The molecule has 0 aromatic carbocycles. The molecule has 0 aromatic heterocycles. The highest BCUT2D eigenvalue weighted by molar-refractivity contribution is 4.90. The molecule has 2 atom stereocenters. The largest absolute Gasteiger partial charge is 0.393 e. The number of rotatable bonds is 9. The lowest BCUT2D eigenvalue weighted by Crippen LogP contribution is -2.51. The molecule has 0 amide bonds. The molecular formula is C117H247N27O4. The Bertz CT molecular complexity index is 2860. The van der Waals surface area contributed by atoms with Gasteiger partial charge in [-0.05, 0) is 485 Å². The highest BCUT2D eigenvalue weighted by Gasteiger charge is 2.34. The first-order valence-electron chi connectivity index (χ1n) is 61.5. The minimum atomic E-state index is -0.0321. The molecule has 148 heavy (non-hydrogen) atoms. The Kier molecular flexibility index (Phi) is 68.9. The van der Waals surface area contributed by atoms with E-state index in [0.29, 0.717) is 0 Å². The second kappa shape index (κ2) is 77.3. The van der Waals surface area contributed by atoms with Crippen LogP contribution in [-0.2, 0) is 14.2 Å². The Hall–Kier alpha value is -1.24. The normalized spacial score (nSPS) is 28.7. The fourth-order valence-electron chi connectivity index (χ4n) is 24.7. The molecule has 0 aromatic rings. The Balaban J connectivity index is 0.000000196. The third-order valence-electron chi connectivity index (χ3n) is 36.8. The van der Waals surface area contributed by atoms with E-state index in [0.717, 1.165) is 159 Å². The average molecular weight is 2100 g/mol. The molecule has 0 bridgehead atoms. The van der Waals surface area contributed by atoms with Gasteiger partial charge < -0.3 is 122 Å². The summed E-state index contributed by atoms with van der Waals surface area (Å²) in [7, 11) is 48.4. The number of aliphatic hydroxyl groups is 1. The molecule has 874 valence electrons. The molecule has 20 rings (SSSR count). The van der Waals surface area contributed by atoms with E-state index in [2.05, 4.69) is 294 Å². The number of piperazine rings is 3. The Morgan fingerprint density at radius 3 is 0.689 bits per heavy atom. The van der Waals surface area contributed by atoms with Crippen LogP contribution in [0.3, 0.4) is 0 Å². The van der Waals surface area contributed by atoms with Crippen LogP contribution in [0.4, 0.5) is 0 Å². The van der Waals surface area contributed by atoms with Crippen molar-refractivity contribution in [3.05, 3.63) is 0 Å². The van der Waals surface area contributed by atoms with E-state index in [-0.39, 0.29) is 6.10 Å². The smallest absolute Gasteiger partial charge is 0.0594 e. The van der Waals surface area contributed by atoms with Gasteiger partial charge in [0, 0.05) is 231 Å². The zero-order valence-electron chi connectivity index (χ0n) is 102. The molecule has 20 aliphatic heterocycles. The maximum absolute atomic E-state index is 9.38. The third-order valence-corrected chi connectivity index (χ3v) is 36.8. The van der Waals surface area contributed by atoms with Crippen LogP contribution in [0.1, 0.15) is 180 Å². The van der Waals surface area contributed by atoms with Gasteiger partial charge in [0.2, 0.25) is 0 Å². The standard InChI is InChI=1S/C12H25N3.2C11H23N3.C11H22N2O.C11H22N2.2C10H20N2O.2C8H18N2.C7H16N2.C7H15N.C6H14N2.C5H11NO/c1-13-6-3-7-15(11-10-13)12-4-8-14(2)9-5-12;2*1-12-5-3-11(4-6-12)14-9-7-13(2)8-10-14;1-12-6-3-11(4-7-12)13-5-2-9-14-10-8-13;1-12-9-5-11(6-10-12)13-7-3-2-4-8-13;1-11-5-2-9(8-11)12-6-3-10(13)4-7-12;1-11-4-2-10(3-5-11)12-6-8-13-9-7-12;1-9(2)8-4-6-10(3)7-5-8;1-9(2)8-5-4-6-10(3)7-8;1-8-4-3-5-9(2)7-6-8;2*1-7-3-5-8(2)6-4-7;1-6-2-4-7-5-3-6/h12H,3-11H2,1-2H3;2*11H,3-10H2,1-2H3;11H,2-10H2,1H3;11H,2-10H2,1H3;9-10,13H,2-8H2,1H3;10H,2-9H2,1H3;2*8H,4-7H2,1-3H3;3-7H2,1-2H3;7H,3-6H2,1-2H3;3-6H2,1-2H3;2-5H2,1H3. The summed E-state index contributed by atoms with van der Waals surface area (Å²) in [6.45, 7) is 70.5. The molecule has 31 heteroatoms. The Morgan fingerprint density at radius 1 is 0.162 bits per heavy atom. The highest BCUT2D eigenvalue weighted by atomic mass is 16.5. The highest BCUT2D eigenvalue weighted by Crippen LogP contribution is 2.27. The van der Waals surface area contributed by atoms with Crippen molar-refractivity contribution < 1.29 is 19.3 Å². The summed E-state index contributed by atoms with van der Waals surface area (Å²) < 4.78 is 15.9. The topological polar surface area (TPSA) is 135 Å². The molecule has 0 saturated carbocycles. The quantitative estimate of drug-likeness (QED) is 0.254. The zero-order valence-corrected chi connectivity index (χ0v) is 102. The minimum absolute atomic E-state index is 0.0321. The molecule has 0 aliphatic carbocycles. The van der Waals surface area contributed by atoms with Crippen molar-refractivity contribution in [2.45, 2.75) is 241 Å². The van der Waals surface area contributed by atoms with Crippen molar-refractivity contribution in [1.82, 2.24) is 132 Å². The first kappa shape index (κ1) is 132. The van der Waals surface area contributed by atoms with Gasteiger partial charge in [-0.1, -0.05) is 13.3 Å². The van der Waals surface area contributed by atoms with E-state index in [1.807, 2.05) is 0 Å². The van der Waals surface area contributed by atoms with Crippen molar-refractivity contribution in [3.63, 3.8) is 0 Å². The van der Waals surface area contributed by atoms with Crippen LogP contribution in [0, 0.1) is 5.92 Å². The van der Waals surface area contributed by atoms with Crippen LogP contribution in [0.5, 0.6) is 0 Å². The van der Waals surface area contributed by atoms with Crippen LogP contribution in [0.25, 0.3) is 0 Å². The third kappa shape index (κ3) is 57.2. The molecular weight excluding hydrogens is 1850 g/mol. The summed E-state index contributed by atoms with van der Waals surface area (Å²) in [6.07, 6.45) is 36.1. The van der Waals surface area contributed by atoms with Crippen molar-refractivity contribution in [2.24, 2.45) is 5.92 Å². The summed E-state index contributed by atoms with van der Waals surface area (Å²) in [6, 6.07) is 7.57. The second-order valence-corrected chi connectivity index (χ2v) is 50.3. The van der Waals surface area contributed by atoms with Gasteiger partial charge in [-0.3, -0.25) is 29.4 Å². The lowest BCUT2D eigenvalue weighted by atomic mass is 10.00. The van der Waals surface area contributed by atoms with Crippen LogP contribution >= 0.6 is 0 Å². The van der Waals surface area contributed by atoms with Gasteiger partial charge >= 0.3 is 0 Å². The van der Waals surface area contributed by atoms with E-state index in [9.17, 15) is 5.11 Å². The van der Waals surface area contributed by atoms with E-state index in [1.54, 1.807) is 0 Å². The molecule has 20 saturated heterocycles. The van der Waals surface area contributed by atoms with Crippen molar-refractivity contribution in [3.8, 4) is 0 Å². The number of piperidine rings is 11. The number of hydrogen-bond acceptors (Lipinski definition) is 31. The van der Waals surface area contributed by atoms with Crippen LogP contribution in [0.15, 0.2) is 0 Å². The molecule has 20 heterocycles. The fraction of sp³-hybridized carbons (Fsp3) is 1.00. The number of likely N-dealkylation sites (tertiary alicyclic amines) is 12. The molecule has 20 aliphatic rings. The number of morpholine rings is 2. The molecule has 1 N–H and O–H groups in total. The summed E-state index contributed by atoms with van der Waals surface area (Å²) in [5.74, 6) is 0.978. The molecule has 0 spiro atoms. The van der Waals surface area contributed by atoms with Gasteiger partial charge in [0.25, 0.3) is 0 Å². The number of hydrogen-bond donors (Lipinski definition) is 1. The first-order valence-corrected chi connectivity index (χ1v) is 61.5. The van der Waals surface area contributed by atoms with Gasteiger partial charge in [-0.25, -0.2) is 0 Å². The van der Waals surface area contributed by atoms with Gasteiger partial charge in [-0.15, -0.1) is 0 Å². The van der Waals surface area contributed by atoms with Crippen LogP contribution in [-0.4, -0.2) is 720 Å². The predicted molar refractivity (Wildman–Crippen MR) is 630 cm³/mol. The zero-order chi connectivity index (χ0) is 107. The average Bonchev–Trinajstić information content (AvgIpc) is 1.59. The first-order chi connectivity index (χ1) is 71.3. The van der Waals surface area contributed by atoms with Crippen molar-refractivity contribution in [1.29, 1.82) is 0 Å². The number of nitrogens with zero attached hydrogens (tertiary/aromatic N) is 27. The lowest BCUT2D eigenvalue weighted by molar-refractivity contribution is 0.00290. The van der Waals surface area contributed by atoms with Gasteiger partial charge in [0.15, 0.2) is 0 Å². The van der Waals surface area contributed by atoms with E-state index < -0.39 is 0 Å². The monoisotopic (exact) mass is 2090 g/mol. The van der Waals surface area contributed by atoms with Crippen LogP contribution in [0.2, 0.25) is 0 Å². The van der Waals surface area contributed by atoms with E-state index in [1.165, 1.54) is 442 Å². The summed E-state index contributed by atoms with van der Waals surface area (Å²) in [5, 5.41) is 9.38. The Labute approximate surface area is 915 Å². The minimum Gasteiger partial charge on any atom is -0.393 e. The number of ether oxygens (including phenoxy) is 3. The van der Waals surface area contributed by atoms with Crippen molar-refractivity contribution >= 4 is 0 Å². The summed E-state index contributed by atoms with van der Waals surface area (Å²) in [4.78, 5) is 66.7. The summed E-state index contributed by atoms with van der Waals surface area (Å²) in [5.41, 5.74) is 0. The fourth-order valence-corrected chi connectivity index (χ4v) is 24.7. The number of aliphatic hydroxyl groups excluding tert-OH is 1. The molecule has 2 unspecified atom stereocenters. The van der Waals surface area contributed by atoms with Gasteiger partial charge in [0.05, 0.1) is 39.1 Å². The maximum Gasteiger partial charge on any atom is 0.0594 e. The van der Waals surface area contributed by atoms with E-state index >= 15 is 0 Å². The number of likely N-dealkylation sites (N-methyl/N-ethyl adjacent to an activating group) is 11. The SMILES string of the molecule is CC1CCN(C)CC1.CN1CCC(N(C)C)CC1.CN1CCC(N2CCC(O)CC2)C1.CN1CCC(N2CCCCC2)CC1.CN1CCC(N2CCCN(C)CC2)CC1.CN1CCC(N2CCCOCC2)CC1.CN1CCC(N2CCN(C)CC2)CC1.CN1CCC(N2CCN(C)CC2)CC1.CN1CCC(N2CCOCC2)CC1.CN1CCCC(N(C)C)C1.CN1CCCN(C)CC1.CN1CCN(C)CC1.CN1CCOCC1.